The van der Waals surface area contributed by atoms with Crippen molar-refractivity contribution in [3.8, 4) is 0 Å². The van der Waals surface area contributed by atoms with Gasteiger partial charge in [0.1, 0.15) is 0 Å². The zero-order valence-corrected chi connectivity index (χ0v) is 15.1. The molecule has 1 aromatic carbocycles. The first-order chi connectivity index (χ1) is 11.9. The minimum Gasteiger partial charge on any atom is -0.339 e. The molecule has 3 rings (SSSR count). The van der Waals surface area contributed by atoms with Gasteiger partial charge in [-0.2, -0.15) is 13.2 Å². The fourth-order valence-corrected chi connectivity index (χ4v) is 3.03. The van der Waals surface area contributed by atoms with Crippen molar-refractivity contribution < 1.29 is 18.0 Å². The van der Waals surface area contributed by atoms with Gasteiger partial charge in [-0.3, -0.25) is 4.79 Å². The van der Waals surface area contributed by atoms with E-state index in [2.05, 4.69) is 4.98 Å². The van der Waals surface area contributed by atoms with Gasteiger partial charge in [-0.25, -0.2) is 4.98 Å². The summed E-state index contributed by atoms with van der Waals surface area (Å²) in [5.74, 6) is 0.247. The van der Waals surface area contributed by atoms with E-state index in [0.29, 0.717) is 26.2 Å². The molecule has 1 aliphatic rings. The number of alkyl halides is 3. The zero-order chi connectivity index (χ0) is 18.0. The van der Waals surface area contributed by atoms with E-state index >= 15 is 0 Å². The second kappa shape index (κ2) is 7.99. The predicted molar refractivity (Wildman–Crippen MR) is 94.7 cm³/mol. The quantitative estimate of drug-likeness (QED) is 0.810. The third-order valence-electron chi connectivity index (χ3n) is 4.35. The normalized spacial score (nSPS) is 14.9. The summed E-state index contributed by atoms with van der Waals surface area (Å²) in [4.78, 5) is 20.4. The number of hydrogen-bond acceptors (Lipinski definition) is 3. The molecule has 1 saturated heterocycles. The van der Waals surface area contributed by atoms with Gasteiger partial charge in [-0.1, -0.05) is 12.1 Å². The summed E-state index contributed by atoms with van der Waals surface area (Å²) in [5.41, 5.74) is -1.18. The van der Waals surface area contributed by atoms with Crippen LogP contribution in [0.2, 0.25) is 0 Å². The van der Waals surface area contributed by atoms with Gasteiger partial charge >= 0.3 is 6.18 Å². The molecule has 0 saturated carbocycles. The first-order valence-electron chi connectivity index (χ1n) is 8.13. The lowest BCUT2D eigenvalue weighted by molar-refractivity contribution is -0.138. The third kappa shape index (κ3) is 3.95. The first kappa shape index (κ1) is 20.1. The smallest absolute Gasteiger partial charge is 0.339 e. The summed E-state index contributed by atoms with van der Waals surface area (Å²) in [5, 5.41) is 0. The molecule has 9 heteroatoms. The van der Waals surface area contributed by atoms with Crippen LogP contribution in [0.3, 0.4) is 0 Å². The van der Waals surface area contributed by atoms with E-state index in [-0.39, 0.29) is 18.0 Å². The molecule has 0 radical (unpaired) electrons. The minimum atomic E-state index is -4.54. The van der Waals surface area contributed by atoms with E-state index < -0.39 is 17.6 Å². The molecule has 142 valence electrons. The minimum absolute atomic E-state index is 0. The molecule has 0 spiro atoms. The average Bonchev–Trinajstić information content (AvgIpc) is 3.09. The maximum Gasteiger partial charge on any atom is 0.417 e. The Balaban J connectivity index is 0.00000243. The van der Waals surface area contributed by atoms with E-state index in [0.717, 1.165) is 18.6 Å². The molecule has 0 atom stereocenters. The van der Waals surface area contributed by atoms with Crippen LogP contribution in [0.1, 0.15) is 22.8 Å². The van der Waals surface area contributed by atoms with E-state index in [4.69, 9.17) is 0 Å². The number of imidazole rings is 1. The number of hydrogen-bond donors (Lipinski definition) is 0. The van der Waals surface area contributed by atoms with Gasteiger partial charge in [0.25, 0.3) is 5.91 Å². The summed E-state index contributed by atoms with van der Waals surface area (Å²) < 4.78 is 41.3. The van der Waals surface area contributed by atoms with E-state index in [1.54, 1.807) is 6.20 Å². The van der Waals surface area contributed by atoms with Crippen molar-refractivity contribution in [2.75, 3.05) is 31.1 Å². The van der Waals surface area contributed by atoms with Gasteiger partial charge < -0.3 is 14.4 Å². The van der Waals surface area contributed by atoms with Crippen LogP contribution in [0.5, 0.6) is 0 Å². The molecule has 26 heavy (non-hydrogen) atoms. The summed E-state index contributed by atoms with van der Waals surface area (Å²) >= 11 is 0. The molecule has 1 fully saturated rings. The Morgan fingerprint density at radius 3 is 2.42 bits per heavy atom. The Labute approximate surface area is 155 Å². The standard InChI is InChI=1S/C17H19F3N4O.ClH/c1-2-22-8-7-21-16(22)24-11-9-23(10-12-24)15(25)13-5-3-4-6-14(13)17(18,19)20;/h3-8H,2,9-12H2,1H3;1H. The van der Waals surface area contributed by atoms with Crippen molar-refractivity contribution in [3.63, 3.8) is 0 Å². The van der Waals surface area contributed by atoms with Crippen molar-refractivity contribution in [3.05, 3.63) is 47.8 Å². The highest BCUT2D eigenvalue weighted by molar-refractivity contribution is 5.96. The average molecular weight is 389 g/mol. The molecule has 1 aromatic heterocycles. The van der Waals surface area contributed by atoms with Crippen LogP contribution in [0.25, 0.3) is 0 Å². The molecule has 5 nitrogen and oxygen atoms in total. The number of aryl methyl sites for hydroxylation is 1. The highest BCUT2D eigenvalue weighted by atomic mass is 35.5. The number of halogens is 4. The molecule has 0 N–H and O–H groups in total. The summed E-state index contributed by atoms with van der Waals surface area (Å²) in [7, 11) is 0. The summed E-state index contributed by atoms with van der Waals surface area (Å²) in [6.07, 6.45) is -0.942. The van der Waals surface area contributed by atoms with Crippen molar-refractivity contribution in [1.82, 2.24) is 14.5 Å². The molecule has 2 heterocycles. The summed E-state index contributed by atoms with van der Waals surface area (Å²) in [6.45, 7) is 4.60. The largest absolute Gasteiger partial charge is 0.417 e. The number of piperazine rings is 1. The number of nitrogens with zero attached hydrogens (tertiary/aromatic N) is 4. The zero-order valence-electron chi connectivity index (χ0n) is 14.2. The number of anilines is 1. The lowest BCUT2D eigenvalue weighted by Gasteiger charge is -2.35. The molecule has 2 aromatic rings. The Morgan fingerprint density at radius 2 is 1.81 bits per heavy atom. The number of benzene rings is 1. The van der Waals surface area contributed by atoms with Crippen LogP contribution in [0.4, 0.5) is 19.1 Å². The van der Waals surface area contributed by atoms with Crippen LogP contribution < -0.4 is 4.90 Å². The lowest BCUT2D eigenvalue weighted by atomic mass is 10.1. The maximum absolute atomic E-state index is 13.1. The SMILES string of the molecule is CCn1ccnc1N1CCN(C(=O)c2ccccc2C(F)(F)F)CC1.Cl. The molecule has 0 unspecified atom stereocenters. The molecule has 1 aliphatic heterocycles. The van der Waals surface area contributed by atoms with Gasteiger partial charge in [0.05, 0.1) is 11.1 Å². The van der Waals surface area contributed by atoms with E-state index in [1.807, 2.05) is 22.6 Å². The first-order valence-corrected chi connectivity index (χ1v) is 8.13. The highest BCUT2D eigenvalue weighted by Gasteiger charge is 2.36. The number of carbonyl (C=O) groups excluding carboxylic acids is 1. The van der Waals surface area contributed by atoms with Gasteiger partial charge in [-0.05, 0) is 19.1 Å². The monoisotopic (exact) mass is 388 g/mol. The van der Waals surface area contributed by atoms with Crippen LogP contribution in [0, 0.1) is 0 Å². The second-order valence-electron chi connectivity index (χ2n) is 5.84. The van der Waals surface area contributed by atoms with Gasteiger partial charge in [-0.15, -0.1) is 12.4 Å². The Morgan fingerprint density at radius 1 is 1.15 bits per heavy atom. The highest BCUT2D eigenvalue weighted by Crippen LogP contribution is 2.32. The van der Waals surface area contributed by atoms with E-state index in [9.17, 15) is 18.0 Å². The maximum atomic E-state index is 13.1. The predicted octanol–water partition coefficient (Wildman–Crippen LogP) is 3.31. The molecular formula is C17H20ClF3N4O. The lowest BCUT2D eigenvalue weighted by Crippen LogP contribution is -2.49. The van der Waals surface area contributed by atoms with Crippen molar-refractivity contribution in [2.24, 2.45) is 0 Å². The van der Waals surface area contributed by atoms with Gasteiger partial charge in [0, 0.05) is 45.1 Å². The van der Waals surface area contributed by atoms with Crippen LogP contribution in [-0.4, -0.2) is 46.5 Å². The van der Waals surface area contributed by atoms with Crippen LogP contribution in [-0.2, 0) is 12.7 Å². The molecule has 1 amide bonds. The number of aromatic nitrogens is 2. The Kier molecular flexibility index (Phi) is 6.17. The second-order valence-corrected chi connectivity index (χ2v) is 5.84. The van der Waals surface area contributed by atoms with Crippen LogP contribution in [0.15, 0.2) is 36.7 Å². The van der Waals surface area contributed by atoms with Gasteiger partial charge in [0.15, 0.2) is 0 Å². The topological polar surface area (TPSA) is 41.4 Å². The number of rotatable bonds is 3. The number of amides is 1. The molecule has 0 bridgehead atoms. The van der Waals surface area contributed by atoms with Gasteiger partial charge in [0.2, 0.25) is 5.95 Å². The summed E-state index contributed by atoms with van der Waals surface area (Å²) in [6, 6.07) is 4.93. The number of carbonyl (C=O) groups is 1. The van der Waals surface area contributed by atoms with Crippen molar-refractivity contribution in [1.29, 1.82) is 0 Å². The van der Waals surface area contributed by atoms with E-state index in [1.165, 1.54) is 23.1 Å². The molecule has 0 aliphatic carbocycles. The van der Waals surface area contributed by atoms with Crippen molar-refractivity contribution >= 4 is 24.3 Å². The third-order valence-corrected chi connectivity index (χ3v) is 4.35. The fraction of sp³-hybridized carbons (Fsp3) is 0.412. The molecular weight excluding hydrogens is 369 g/mol. The Bertz CT molecular complexity index is 754. The van der Waals surface area contributed by atoms with Crippen LogP contribution >= 0.6 is 12.4 Å². The Hall–Kier alpha value is -2.22. The fourth-order valence-electron chi connectivity index (χ4n) is 3.03. The van der Waals surface area contributed by atoms with Crippen molar-refractivity contribution in [2.45, 2.75) is 19.6 Å².